The molecule has 1 aromatic carbocycles. The van der Waals surface area contributed by atoms with E-state index in [0.717, 1.165) is 12.8 Å². The maximum absolute atomic E-state index is 14.3. The Morgan fingerprint density at radius 2 is 1.54 bits per heavy atom. The molecule has 54 heavy (non-hydrogen) atoms. The number of hydrogen-bond donors (Lipinski definition) is 4. The molecule has 4 N–H and O–H groups in total. The van der Waals surface area contributed by atoms with Gasteiger partial charge < -0.3 is 35.8 Å². The first-order valence-corrected chi connectivity index (χ1v) is 19.0. The second-order valence-electron chi connectivity index (χ2n) is 16.9. The number of unbranched alkanes of at least 4 members (excludes halogenated alkanes) is 1. The summed E-state index contributed by atoms with van der Waals surface area (Å²) in [6.07, 6.45) is 2.63. The smallest absolute Gasteiger partial charge is 0.408 e. The van der Waals surface area contributed by atoms with E-state index < -0.39 is 77.2 Å². The largest absolute Gasteiger partial charge is 0.444 e. The molecule has 302 valence electrons. The molecule has 0 bridgehead atoms. The van der Waals surface area contributed by atoms with Gasteiger partial charge in [-0.05, 0) is 62.8 Å². The number of nitrogens with zero attached hydrogens (tertiary/aromatic N) is 2. The number of carbonyl (C=O) groups excluding carboxylic acids is 7. The van der Waals surface area contributed by atoms with E-state index in [4.69, 9.17) is 4.74 Å². The number of rotatable bonds is 17. The first kappa shape index (κ1) is 45.7. The number of benzene rings is 1. The molecule has 1 fully saturated rings. The van der Waals surface area contributed by atoms with Gasteiger partial charge in [-0.1, -0.05) is 91.1 Å². The van der Waals surface area contributed by atoms with Crippen molar-refractivity contribution in [2.45, 2.75) is 131 Å². The standard InChI is InChI=1S/C40H64N6O8/c1-12-13-19-28(32(48)35(50)41-23-30(47)43-31(36(51)45(10)11)27-17-15-14-16-18-27)42-34(49)29-22-26(21-20-25(2)3)24-46(29)37(52)33(39(4,5)6)44-38(53)54-40(7,8)9/h14-18,25-26,28-29,31,33H,12-13,19-24H2,1-11H3,(H,41,50)(H,42,49)(H,43,47)(H,44,53)/t26-,28-,29+,31?,33-/m1/s1. The zero-order chi connectivity index (χ0) is 41.0. The van der Waals surface area contributed by atoms with Crippen molar-refractivity contribution in [1.82, 2.24) is 31.1 Å². The predicted molar refractivity (Wildman–Crippen MR) is 206 cm³/mol. The van der Waals surface area contributed by atoms with Gasteiger partial charge in [-0.2, -0.15) is 0 Å². The third kappa shape index (κ3) is 14.4. The summed E-state index contributed by atoms with van der Waals surface area (Å²) in [6.45, 7) is 16.4. The Kier molecular flexibility index (Phi) is 17.1. The van der Waals surface area contributed by atoms with Crippen molar-refractivity contribution in [3.63, 3.8) is 0 Å². The molecule has 1 saturated heterocycles. The average Bonchev–Trinajstić information content (AvgIpc) is 3.52. The maximum atomic E-state index is 14.3. The summed E-state index contributed by atoms with van der Waals surface area (Å²) in [7, 11) is 3.12. The molecule has 0 saturated carbocycles. The highest BCUT2D eigenvalue weighted by Crippen LogP contribution is 2.32. The number of amides is 6. The molecule has 1 aliphatic rings. The topological polar surface area (TPSA) is 183 Å². The van der Waals surface area contributed by atoms with Crippen LogP contribution in [-0.2, 0) is 33.5 Å². The van der Waals surface area contributed by atoms with Crippen LogP contribution in [0.4, 0.5) is 4.79 Å². The highest BCUT2D eigenvalue weighted by molar-refractivity contribution is 6.38. The molecule has 0 spiro atoms. The molecule has 0 radical (unpaired) electrons. The van der Waals surface area contributed by atoms with Crippen molar-refractivity contribution in [3.05, 3.63) is 35.9 Å². The molecular formula is C40H64N6O8. The van der Waals surface area contributed by atoms with Gasteiger partial charge in [-0.15, -0.1) is 0 Å². The van der Waals surface area contributed by atoms with Crippen LogP contribution in [0.5, 0.6) is 0 Å². The molecule has 1 unspecified atom stereocenters. The van der Waals surface area contributed by atoms with Gasteiger partial charge in [0, 0.05) is 20.6 Å². The number of nitrogens with one attached hydrogen (secondary N) is 4. The summed E-state index contributed by atoms with van der Waals surface area (Å²) in [5.41, 5.74) is -0.982. The number of likely N-dealkylation sites (N-methyl/N-ethyl adjacent to an activating group) is 1. The van der Waals surface area contributed by atoms with Gasteiger partial charge in [0.05, 0.1) is 12.6 Å². The summed E-state index contributed by atoms with van der Waals surface area (Å²) in [5.74, 6) is -3.66. The summed E-state index contributed by atoms with van der Waals surface area (Å²) in [5, 5.41) is 10.4. The van der Waals surface area contributed by atoms with Gasteiger partial charge >= 0.3 is 6.09 Å². The Morgan fingerprint density at radius 3 is 2.07 bits per heavy atom. The van der Waals surface area contributed by atoms with Crippen LogP contribution in [0.1, 0.15) is 112 Å². The fourth-order valence-corrected chi connectivity index (χ4v) is 6.19. The second-order valence-corrected chi connectivity index (χ2v) is 16.9. The minimum atomic E-state index is -1.21. The third-order valence-electron chi connectivity index (χ3n) is 9.14. The van der Waals surface area contributed by atoms with Gasteiger partial charge in [0.1, 0.15) is 23.7 Å². The van der Waals surface area contributed by atoms with Crippen molar-refractivity contribution < 1.29 is 38.3 Å². The molecular weight excluding hydrogens is 692 g/mol. The third-order valence-corrected chi connectivity index (χ3v) is 9.14. The monoisotopic (exact) mass is 756 g/mol. The Morgan fingerprint density at radius 1 is 0.907 bits per heavy atom. The fraction of sp³-hybridized carbons (Fsp3) is 0.675. The maximum Gasteiger partial charge on any atom is 0.408 e. The second kappa shape index (κ2) is 20.3. The first-order chi connectivity index (χ1) is 25.0. The molecule has 0 aliphatic carbocycles. The lowest BCUT2D eigenvalue weighted by Crippen LogP contribution is -2.59. The molecule has 1 aromatic rings. The van der Waals surface area contributed by atoms with E-state index in [2.05, 4.69) is 35.1 Å². The Hall–Kier alpha value is -4.49. The Bertz CT molecular complexity index is 1470. The number of ether oxygens (including phenoxy) is 1. The van der Waals surface area contributed by atoms with E-state index in [0.29, 0.717) is 30.7 Å². The zero-order valence-corrected chi connectivity index (χ0v) is 34.2. The summed E-state index contributed by atoms with van der Waals surface area (Å²) in [6, 6.07) is 4.46. The van der Waals surface area contributed by atoms with Gasteiger partial charge in [0.25, 0.3) is 5.91 Å². The van der Waals surface area contributed by atoms with E-state index in [1.807, 2.05) is 27.7 Å². The Balaban J connectivity index is 2.26. The quantitative estimate of drug-likeness (QED) is 0.173. The molecule has 6 amide bonds. The Labute approximate surface area is 321 Å². The first-order valence-electron chi connectivity index (χ1n) is 19.0. The highest BCUT2D eigenvalue weighted by Gasteiger charge is 2.46. The number of Topliss-reactive ketones (excluding diaryl/α,β-unsaturated/α-hetero) is 1. The summed E-state index contributed by atoms with van der Waals surface area (Å²) in [4.78, 5) is 96.4. The lowest BCUT2D eigenvalue weighted by molar-refractivity contribution is -0.144. The van der Waals surface area contributed by atoms with E-state index in [-0.39, 0.29) is 24.8 Å². The molecule has 14 nitrogen and oxygen atoms in total. The molecule has 2 rings (SSSR count). The molecule has 1 heterocycles. The van der Waals surface area contributed by atoms with E-state index in [9.17, 15) is 33.6 Å². The molecule has 1 aliphatic heterocycles. The molecule has 0 aromatic heterocycles. The van der Waals surface area contributed by atoms with E-state index in [1.165, 1.54) is 9.80 Å². The van der Waals surface area contributed by atoms with Crippen molar-refractivity contribution in [2.24, 2.45) is 17.3 Å². The fourth-order valence-electron chi connectivity index (χ4n) is 6.19. The highest BCUT2D eigenvalue weighted by atomic mass is 16.6. The lowest BCUT2D eigenvalue weighted by atomic mass is 9.85. The van der Waals surface area contributed by atoms with Crippen molar-refractivity contribution >= 4 is 41.4 Å². The summed E-state index contributed by atoms with van der Waals surface area (Å²) >= 11 is 0. The van der Waals surface area contributed by atoms with Crippen LogP contribution >= 0.6 is 0 Å². The van der Waals surface area contributed by atoms with Crippen molar-refractivity contribution in [2.75, 3.05) is 27.2 Å². The zero-order valence-electron chi connectivity index (χ0n) is 34.2. The molecule has 14 heteroatoms. The number of ketones is 1. The van der Waals surface area contributed by atoms with E-state index >= 15 is 0 Å². The lowest BCUT2D eigenvalue weighted by Gasteiger charge is -2.36. The van der Waals surface area contributed by atoms with Gasteiger partial charge in [-0.25, -0.2) is 4.79 Å². The molecule has 5 atom stereocenters. The van der Waals surface area contributed by atoms with Crippen LogP contribution in [0.3, 0.4) is 0 Å². The number of likely N-dealkylation sites (tertiary alicyclic amines) is 1. The van der Waals surface area contributed by atoms with E-state index in [1.54, 1.807) is 65.2 Å². The number of alkyl carbamates (subject to hydrolysis) is 1. The minimum Gasteiger partial charge on any atom is -0.444 e. The van der Waals surface area contributed by atoms with Crippen LogP contribution in [0.15, 0.2) is 30.3 Å². The summed E-state index contributed by atoms with van der Waals surface area (Å²) < 4.78 is 5.45. The van der Waals surface area contributed by atoms with Crippen molar-refractivity contribution in [1.29, 1.82) is 0 Å². The van der Waals surface area contributed by atoms with Gasteiger partial charge in [0.2, 0.25) is 29.4 Å². The van der Waals surface area contributed by atoms with Crippen LogP contribution in [-0.4, -0.2) is 102 Å². The SMILES string of the molecule is CCCC[C@@H](NC(=O)[C@@H]1C[C@@H](CCC(C)C)CN1C(=O)[C@@H](NC(=O)OC(C)(C)C)C(C)(C)C)C(=O)C(=O)NCC(=O)NC(C(=O)N(C)C)c1ccccc1. The normalized spacial score (nSPS) is 17.5. The van der Waals surface area contributed by atoms with Crippen molar-refractivity contribution in [3.8, 4) is 0 Å². The van der Waals surface area contributed by atoms with Crippen LogP contribution < -0.4 is 21.3 Å². The van der Waals surface area contributed by atoms with Crippen LogP contribution in [0.25, 0.3) is 0 Å². The predicted octanol–water partition coefficient (Wildman–Crippen LogP) is 3.89. The number of carbonyl (C=O) groups is 7. The average molecular weight is 757 g/mol. The van der Waals surface area contributed by atoms with Gasteiger partial charge in [0.15, 0.2) is 0 Å². The number of hydrogen-bond acceptors (Lipinski definition) is 8. The van der Waals surface area contributed by atoms with Crippen LogP contribution in [0.2, 0.25) is 0 Å². The van der Waals surface area contributed by atoms with Gasteiger partial charge in [-0.3, -0.25) is 28.8 Å². The minimum absolute atomic E-state index is 0.0000567. The van der Waals surface area contributed by atoms with Crippen LogP contribution in [0, 0.1) is 17.3 Å².